The van der Waals surface area contributed by atoms with E-state index in [-0.39, 0.29) is 11.3 Å². The number of nitrogens with zero attached hydrogens (tertiary/aromatic N) is 1. The number of piperidine rings is 1. The molecule has 0 bridgehead atoms. The van der Waals surface area contributed by atoms with Crippen LogP contribution in [0.25, 0.3) is 0 Å². The largest absolute Gasteiger partial charge is 0.390 e. The second kappa shape index (κ2) is 4.25. The predicted molar refractivity (Wildman–Crippen MR) is 66.3 cm³/mol. The summed E-state index contributed by atoms with van der Waals surface area (Å²) in [6.45, 7) is 5.81. The zero-order chi connectivity index (χ0) is 12.7. The van der Waals surface area contributed by atoms with Crippen molar-refractivity contribution in [3.05, 3.63) is 0 Å². The number of hydrogen-bond donors (Lipinski definition) is 2. The molecular weight excluding hydrogens is 216 g/mol. The van der Waals surface area contributed by atoms with Crippen LogP contribution in [0.4, 0.5) is 0 Å². The average molecular weight is 240 g/mol. The summed E-state index contributed by atoms with van der Waals surface area (Å²) in [7, 11) is 0. The van der Waals surface area contributed by atoms with Gasteiger partial charge < -0.3 is 15.7 Å². The quantitative estimate of drug-likeness (QED) is 0.748. The Morgan fingerprint density at radius 2 is 1.94 bits per heavy atom. The van der Waals surface area contributed by atoms with Crippen LogP contribution < -0.4 is 5.73 Å². The molecule has 1 aliphatic heterocycles. The van der Waals surface area contributed by atoms with Gasteiger partial charge in [0.25, 0.3) is 0 Å². The van der Waals surface area contributed by atoms with Crippen molar-refractivity contribution in [2.24, 2.45) is 17.1 Å². The van der Waals surface area contributed by atoms with Gasteiger partial charge in [-0.25, -0.2) is 0 Å². The van der Waals surface area contributed by atoms with Gasteiger partial charge in [-0.2, -0.15) is 0 Å². The monoisotopic (exact) mass is 240 g/mol. The Morgan fingerprint density at radius 1 is 1.41 bits per heavy atom. The number of carbonyl (C=O) groups is 1. The topological polar surface area (TPSA) is 66.6 Å². The van der Waals surface area contributed by atoms with Crippen molar-refractivity contribution < 1.29 is 9.90 Å². The van der Waals surface area contributed by atoms with Crippen LogP contribution >= 0.6 is 0 Å². The van der Waals surface area contributed by atoms with Crippen LogP contribution in [0.5, 0.6) is 0 Å². The van der Waals surface area contributed by atoms with Crippen molar-refractivity contribution in [2.45, 2.75) is 45.1 Å². The van der Waals surface area contributed by atoms with E-state index in [0.717, 1.165) is 12.8 Å². The number of likely N-dealkylation sites (tertiary alicyclic amines) is 1. The minimum Gasteiger partial charge on any atom is -0.390 e. The molecule has 1 saturated carbocycles. The molecule has 4 nitrogen and oxygen atoms in total. The highest BCUT2D eigenvalue weighted by Gasteiger charge is 2.49. The molecule has 0 atom stereocenters. The van der Waals surface area contributed by atoms with Gasteiger partial charge in [-0.15, -0.1) is 0 Å². The van der Waals surface area contributed by atoms with Gasteiger partial charge in [0.15, 0.2) is 0 Å². The lowest BCUT2D eigenvalue weighted by atomic mass is 9.61. The van der Waals surface area contributed by atoms with Crippen LogP contribution in [0.2, 0.25) is 0 Å². The Kier molecular flexibility index (Phi) is 3.21. The number of hydrogen-bond acceptors (Lipinski definition) is 3. The summed E-state index contributed by atoms with van der Waals surface area (Å²) in [5.41, 5.74) is 4.91. The maximum absolute atomic E-state index is 12.5. The van der Waals surface area contributed by atoms with Crippen LogP contribution in [0.3, 0.4) is 0 Å². The first-order chi connectivity index (χ1) is 7.88. The molecule has 2 fully saturated rings. The number of aliphatic hydroxyl groups is 1. The Bertz CT molecular complexity index is 299. The summed E-state index contributed by atoms with van der Waals surface area (Å²) in [6.07, 6.45) is 3.20. The van der Waals surface area contributed by atoms with E-state index in [1.165, 1.54) is 0 Å². The molecule has 1 heterocycles. The normalized spacial score (nSPS) is 36.5. The second-order valence-electron chi connectivity index (χ2n) is 6.29. The summed E-state index contributed by atoms with van der Waals surface area (Å²) in [5, 5.41) is 9.88. The molecule has 2 rings (SSSR count). The lowest BCUT2D eigenvalue weighted by Gasteiger charge is -2.48. The van der Waals surface area contributed by atoms with Gasteiger partial charge in [0.05, 0.1) is 11.0 Å². The van der Waals surface area contributed by atoms with Gasteiger partial charge in [-0.1, -0.05) is 6.92 Å². The number of rotatable bonds is 2. The molecule has 1 amide bonds. The van der Waals surface area contributed by atoms with E-state index >= 15 is 0 Å². The summed E-state index contributed by atoms with van der Waals surface area (Å²) in [5.74, 6) is 0.837. The molecular formula is C13H24N2O2. The molecule has 3 N–H and O–H groups in total. The van der Waals surface area contributed by atoms with Crippen LogP contribution in [0.15, 0.2) is 0 Å². The van der Waals surface area contributed by atoms with Gasteiger partial charge in [0, 0.05) is 19.6 Å². The van der Waals surface area contributed by atoms with E-state index < -0.39 is 5.60 Å². The van der Waals surface area contributed by atoms with Gasteiger partial charge >= 0.3 is 0 Å². The molecule has 1 saturated heterocycles. The standard InChI is InChI=1S/C13H24N2O2/c1-10-7-13(8-10,9-14)11(16)15-5-3-12(2,17)4-6-15/h10,17H,3-9,14H2,1-2H3. The Morgan fingerprint density at radius 3 is 2.35 bits per heavy atom. The average Bonchev–Trinajstić information content (AvgIpc) is 2.23. The molecule has 0 spiro atoms. The van der Waals surface area contributed by atoms with E-state index in [1.54, 1.807) is 0 Å². The number of amides is 1. The molecule has 4 heteroatoms. The fourth-order valence-corrected chi connectivity index (χ4v) is 3.23. The highest BCUT2D eigenvalue weighted by atomic mass is 16.3. The minimum atomic E-state index is -0.598. The molecule has 1 aliphatic carbocycles. The second-order valence-corrected chi connectivity index (χ2v) is 6.29. The molecule has 98 valence electrons. The third-order valence-corrected chi connectivity index (χ3v) is 4.45. The summed E-state index contributed by atoms with van der Waals surface area (Å²) < 4.78 is 0. The lowest BCUT2D eigenvalue weighted by molar-refractivity contribution is -0.153. The molecule has 0 aromatic heterocycles. The molecule has 17 heavy (non-hydrogen) atoms. The van der Waals surface area contributed by atoms with E-state index in [2.05, 4.69) is 6.92 Å². The predicted octanol–water partition coefficient (Wildman–Crippen LogP) is 0.735. The zero-order valence-corrected chi connectivity index (χ0v) is 10.9. The minimum absolute atomic E-state index is 0.216. The van der Waals surface area contributed by atoms with E-state index in [1.807, 2.05) is 11.8 Å². The number of nitrogens with two attached hydrogens (primary N) is 1. The molecule has 0 unspecified atom stereocenters. The van der Waals surface area contributed by atoms with Crippen molar-refractivity contribution in [1.82, 2.24) is 4.90 Å². The van der Waals surface area contributed by atoms with Crippen LogP contribution in [-0.4, -0.2) is 41.1 Å². The van der Waals surface area contributed by atoms with Crippen molar-refractivity contribution >= 4 is 5.91 Å². The third-order valence-electron chi connectivity index (χ3n) is 4.45. The highest BCUT2D eigenvalue weighted by molar-refractivity contribution is 5.84. The van der Waals surface area contributed by atoms with Gasteiger partial charge in [-0.05, 0) is 38.5 Å². The SMILES string of the molecule is CC1CC(CN)(C(=O)N2CCC(C)(O)CC2)C1. The maximum atomic E-state index is 12.5. The maximum Gasteiger partial charge on any atom is 0.230 e. The smallest absolute Gasteiger partial charge is 0.230 e. The van der Waals surface area contributed by atoms with E-state index in [9.17, 15) is 9.90 Å². The Balaban J connectivity index is 1.97. The van der Waals surface area contributed by atoms with Crippen molar-refractivity contribution in [3.8, 4) is 0 Å². The summed E-state index contributed by atoms with van der Waals surface area (Å²) in [6, 6.07) is 0. The molecule has 0 radical (unpaired) electrons. The zero-order valence-electron chi connectivity index (χ0n) is 10.9. The third kappa shape index (κ3) is 2.33. The van der Waals surface area contributed by atoms with E-state index in [0.29, 0.717) is 38.4 Å². The van der Waals surface area contributed by atoms with Crippen LogP contribution in [0, 0.1) is 11.3 Å². The van der Waals surface area contributed by atoms with Crippen molar-refractivity contribution in [3.63, 3.8) is 0 Å². The van der Waals surface area contributed by atoms with Crippen molar-refractivity contribution in [2.75, 3.05) is 19.6 Å². The first-order valence-electron chi connectivity index (χ1n) is 6.60. The first kappa shape index (κ1) is 12.8. The fraction of sp³-hybridized carbons (Fsp3) is 0.923. The molecule has 2 aliphatic rings. The van der Waals surface area contributed by atoms with Crippen molar-refractivity contribution in [1.29, 1.82) is 0 Å². The number of carbonyl (C=O) groups excluding carboxylic acids is 1. The van der Waals surface area contributed by atoms with Crippen LogP contribution in [0.1, 0.15) is 39.5 Å². The lowest BCUT2D eigenvalue weighted by Crippen LogP contribution is -2.57. The Hall–Kier alpha value is -0.610. The van der Waals surface area contributed by atoms with Crippen LogP contribution in [-0.2, 0) is 4.79 Å². The summed E-state index contributed by atoms with van der Waals surface area (Å²) >= 11 is 0. The van der Waals surface area contributed by atoms with Gasteiger partial charge in [0.1, 0.15) is 0 Å². The fourth-order valence-electron chi connectivity index (χ4n) is 3.23. The molecule has 0 aromatic rings. The Labute approximate surface area is 103 Å². The van der Waals surface area contributed by atoms with Gasteiger partial charge in [-0.3, -0.25) is 4.79 Å². The van der Waals surface area contributed by atoms with Gasteiger partial charge in [0.2, 0.25) is 5.91 Å². The summed E-state index contributed by atoms with van der Waals surface area (Å²) in [4.78, 5) is 14.4. The molecule has 0 aromatic carbocycles. The first-order valence-corrected chi connectivity index (χ1v) is 6.60. The highest BCUT2D eigenvalue weighted by Crippen LogP contribution is 2.46. The van der Waals surface area contributed by atoms with E-state index in [4.69, 9.17) is 5.73 Å².